The van der Waals surface area contributed by atoms with Crippen molar-refractivity contribution in [3.05, 3.63) is 48.2 Å². The zero-order valence-corrected chi connectivity index (χ0v) is 14.8. The summed E-state index contributed by atoms with van der Waals surface area (Å²) in [5.74, 6) is 0.711. The molecule has 3 rings (SSSR count). The first kappa shape index (κ1) is 17.8. The molecule has 1 aliphatic heterocycles. The van der Waals surface area contributed by atoms with Crippen LogP contribution in [-0.2, 0) is 10.0 Å². The first-order valence-corrected chi connectivity index (χ1v) is 9.71. The summed E-state index contributed by atoms with van der Waals surface area (Å²) in [4.78, 5) is 10.6. The van der Waals surface area contributed by atoms with Gasteiger partial charge in [0.1, 0.15) is 11.6 Å². The van der Waals surface area contributed by atoms with Crippen LogP contribution < -0.4 is 9.62 Å². The third kappa shape index (κ3) is 4.32. The molecule has 0 unspecified atom stereocenters. The lowest BCUT2D eigenvalue weighted by Gasteiger charge is -2.32. The molecular formula is C17H21FN4O2S. The van der Waals surface area contributed by atoms with E-state index in [9.17, 15) is 12.8 Å². The fraction of sp³-hybridized carbons (Fsp3) is 0.412. The smallest absolute Gasteiger partial charge is 0.240 e. The Balaban J connectivity index is 1.55. The fourth-order valence-electron chi connectivity index (χ4n) is 2.92. The Morgan fingerprint density at radius 2 is 2.04 bits per heavy atom. The summed E-state index contributed by atoms with van der Waals surface area (Å²) in [7, 11) is -3.62. The van der Waals surface area contributed by atoms with Gasteiger partial charge < -0.3 is 4.90 Å². The van der Waals surface area contributed by atoms with Crippen molar-refractivity contribution < 1.29 is 12.8 Å². The largest absolute Gasteiger partial charge is 0.355 e. The molecule has 0 spiro atoms. The maximum Gasteiger partial charge on any atom is 0.240 e. The lowest BCUT2D eigenvalue weighted by Crippen LogP contribution is -2.39. The van der Waals surface area contributed by atoms with Crippen molar-refractivity contribution in [1.29, 1.82) is 0 Å². The minimum atomic E-state index is -3.62. The average molecular weight is 364 g/mol. The number of hydrogen-bond donors (Lipinski definition) is 1. The maximum absolute atomic E-state index is 13.3. The second-order valence-corrected chi connectivity index (χ2v) is 8.02. The van der Waals surface area contributed by atoms with E-state index in [2.05, 4.69) is 19.6 Å². The van der Waals surface area contributed by atoms with E-state index in [0.717, 1.165) is 31.7 Å². The third-order valence-electron chi connectivity index (χ3n) is 4.49. The van der Waals surface area contributed by atoms with Crippen molar-refractivity contribution >= 4 is 15.8 Å². The highest BCUT2D eigenvalue weighted by atomic mass is 32.2. The Bertz CT molecular complexity index is 822. The van der Waals surface area contributed by atoms with Crippen molar-refractivity contribution in [1.82, 2.24) is 14.7 Å². The highest BCUT2D eigenvalue weighted by Crippen LogP contribution is 2.21. The summed E-state index contributed by atoms with van der Waals surface area (Å²) in [5, 5.41) is 0. The van der Waals surface area contributed by atoms with E-state index in [-0.39, 0.29) is 10.8 Å². The van der Waals surface area contributed by atoms with Gasteiger partial charge in [-0.3, -0.25) is 4.98 Å². The summed E-state index contributed by atoms with van der Waals surface area (Å²) >= 11 is 0. The monoisotopic (exact) mass is 364 g/mol. The van der Waals surface area contributed by atoms with E-state index in [1.54, 1.807) is 25.5 Å². The number of rotatable bonds is 5. The molecule has 8 heteroatoms. The molecule has 1 N–H and O–H groups in total. The van der Waals surface area contributed by atoms with Crippen LogP contribution in [0, 0.1) is 18.7 Å². The SMILES string of the molecule is Cc1cc(S(=O)(=O)NCC2CCN(c3cnccn3)CC2)ccc1F. The molecule has 0 bridgehead atoms. The molecule has 2 heterocycles. The molecule has 1 fully saturated rings. The molecule has 1 aromatic heterocycles. The maximum atomic E-state index is 13.3. The van der Waals surface area contributed by atoms with Gasteiger partial charge in [-0.1, -0.05) is 0 Å². The van der Waals surface area contributed by atoms with Crippen molar-refractivity contribution in [3.63, 3.8) is 0 Å². The Hall–Kier alpha value is -2.06. The fourth-order valence-corrected chi connectivity index (χ4v) is 4.12. The summed E-state index contributed by atoms with van der Waals surface area (Å²) in [5.41, 5.74) is 0.320. The number of hydrogen-bond acceptors (Lipinski definition) is 5. The molecule has 2 aromatic rings. The van der Waals surface area contributed by atoms with E-state index in [1.807, 2.05) is 0 Å². The predicted molar refractivity (Wildman–Crippen MR) is 93.3 cm³/mol. The molecule has 1 aliphatic rings. The molecule has 0 aliphatic carbocycles. The highest BCUT2D eigenvalue weighted by Gasteiger charge is 2.23. The number of halogens is 1. The second kappa shape index (κ2) is 7.45. The number of anilines is 1. The van der Waals surface area contributed by atoms with Gasteiger partial charge in [0, 0.05) is 32.0 Å². The van der Waals surface area contributed by atoms with Gasteiger partial charge in [0.2, 0.25) is 10.0 Å². The van der Waals surface area contributed by atoms with Crippen LogP contribution >= 0.6 is 0 Å². The van der Waals surface area contributed by atoms with Crippen LogP contribution in [0.2, 0.25) is 0 Å². The minimum Gasteiger partial charge on any atom is -0.355 e. The molecular weight excluding hydrogens is 343 g/mol. The minimum absolute atomic E-state index is 0.100. The van der Waals surface area contributed by atoms with Gasteiger partial charge in [0.15, 0.2) is 0 Å². The van der Waals surface area contributed by atoms with E-state index in [1.165, 1.54) is 18.2 Å². The molecule has 1 saturated heterocycles. The normalized spacial score (nSPS) is 16.2. The van der Waals surface area contributed by atoms with Gasteiger partial charge in [-0.2, -0.15) is 0 Å². The van der Waals surface area contributed by atoms with Crippen LogP contribution in [-0.4, -0.2) is 38.0 Å². The van der Waals surface area contributed by atoms with Gasteiger partial charge >= 0.3 is 0 Å². The summed E-state index contributed by atoms with van der Waals surface area (Å²) < 4.78 is 40.7. The lowest BCUT2D eigenvalue weighted by molar-refractivity contribution is 0.400. The van der Waals surface area contributed by atoms with Gasteiger partial charge in [0.05, 0.1) is 11.1 Å². The number of aryl methyl sites for hydroxylation is 1. The quantitative estimate of drug-likeness (QED) is 0.880. The van der Waals surface area contributed by atoms with Gasteiger partial charge in [-0.25, -0.2) is 22.5 Å². The number of benzene rings is 1. The molecule has 134 valence electrons. The zero-order valence-electron chi connectivity index (χ0n) is 14.0. The first-order valence-electron chi connectivity index (χ1n) is 8.22. The van der Waals surface area contributed by atoms with Gasteiger partial charge in [0.25, 0.3) is 0 Å². The van der Waals surface area contributed by atoms with E-state index in [4.69, 9.17) is 0 Å². The molecule has 0 amide bonds. The van der Waals surface area contributed by atoms with Crippen molar-refractivity contribution in [2.45, 2.75) is 24.7 Å². The topological polar surface area (TPSA) is 75.2 Å². The molecule has 0 radical (unpaired) electrons. The standard InChI is InChI=1S/C17H21FN4O2S/c1-13-10-15(2-3-16(13)18)25(23,24)21-11-14-4-8-22(9-5-14)17-12-19-6-7-20-17/h2-3,6-7,10,12,14,21H,4-5,8-9,11H2,1H3. The predicted octanol–water partition coefficient (Wildman–Crippen LogP) is 2.12. The Labute approximate surface area is 147 Å². The number of nitrogens with one attached hydrogen (secondary N) is 1. The van der Waals surface area contributed by atoms with Crippen molar-refractivity contribution in [2.75, 3.05) is 24.5 Å². The highest BCUT2D eigenvalue weighted by molar-refractivity contribution is 7.89. The number of nitrogens with zero attached hydrogens (tertiary/aromatic N) is 3. The van der Waals surface area contributed by atoms with Crippen LogP contribution in [0.3, 0.4) is 0 Å². The van der Waals surface area contributed by atoms with E-state index >= 15 is 0 Å². The van der Waals surface area contributed by atoms with Crippen LogP contribution in [0.4, 0.5) is 10.2 Å². The van der Waals surface area contributed by atoms with Crippen molar-refractivity contribution in [3.8, 4) is 0 Å². The molecule has 0 atom stereocenters. The molecule has 6 nitrogen and oxygen atoms in total. The summed E-state index contributed by atoms with van der Waals surface area (Å²) in [6.07, 6.45) is 6.80. The van der Waals surface area contributed by atoms with Crippen LogP contribution in [0.1, 0.15) is 18.4 Å². The van der Waals surface area contributed by atoms with Gasteiger partial charge in [-0.15, -0.1) is 0 Å². The van der Waals surface area contributed by atoms with Crippen molar-refractivity contribution in [2.24, 2.45) is 5.92 Å². The summed E-state index contributed by atoms with van der Waals surface area (Å²) in [6, 6.07) is 3.83. The Kier molecular flexibility index (Phi) is 5.29. The molecule has 0 saturated carbocycles. The van der Waals surface area contributed by atoms with Crippen LogP contribution in [0.25, 0.3) is 0 Å². The number of piperidine rings is 1. The number of sulfonamides is 1. The van der Waals surface area contributed by atoms with Crippen LogP contribution in [0.5, 0.6) is 0 Å². The van der Waals surface area contributed by atoms with E-state index in [0.29, 0.717) is 12.1 Å². The zero-order chi connectivity index (χ0) is 17.9. The van der Waals surface area contributed by atoms with Gasteiger partial charge in [-0.05, 0) is 49.4 Å². The third-order valence-corrected chi connectivity index (χ3v) is 5.91. The number of aromatic nitrogens is 2. The lowest BCUT2D eigenvalue weighted by atomic mass is 9.97. The average Bonchev–Trinajstić information content (AvgIpc) is 2.63. The molecule has 1 aromatic carbocycles. The molecule has 25 heavy (non-hydrogen) atoms. The van der Waals surface area contributed by atoms with Crippen LogP contribution in [0.15, 0.2) is 41.7 Å². The summed E-state index contributed by atoms with van der Waals surface area (Å²) in [6.45, 7) is 3.57. The Morgan fingerprint density at radius 1 is 1.28 bits per heavy atom. The van der Waals surface area contributed by atoms with E-state index < -0.39 is 15.8 Å². The Morgan fingerprint density at radius 3 is 2.68 bits per heavy atom. The first-order chi connectivity index (χ1) is 12.0. The second-order valence-electron chi connectivity index (χ2n) is 6.26.